The number of imidazole rings is 1. The molecule has 1 N–H and O–H groups in total. The van der Waals surface area contributed by atoms with Crippen molar-refractivity contribution in [2.45, 2.75) is 6.92 Å². The van der Waals surface area contributed by atoms with Crippen molar-refractivity contribution in [3.8, 4) is 5.69 Å². The van der Waals surface area contributed by atoms with Gasteiger partial charge in [-0.05, 0) is 37.3 Å². The lowest BCUT2D eigenvalue weighted by atomic mass is 10.2. The van der Waals surface area contributed by atoms with Crippen LogP contribution in [-0.2, 0) is 0 Å². The van der Waals surface area contributed by atoms with E-state index < -0.39 is 0 Å². The second-order valence-electron chi connectivity index (χ2n) is 4.04. The molecule has 0 unspecified atom stereocenters. The molecule has 0 aliphatic rings. The molecular formula is C14H11N2O. The summed E-state index contributed by atoms with van der Waals surface area (Å²) in [5.41, 5.74) is 3.60. The predicted octanol–water partition coefficient (Wildman–Crippen LogP) is 2.43. The molecule has 83 valence electrons. The van der Waals surface area contributed by atoms with Crippen LogP contribution in [-0.4, -0.2) is 9.55 Å². The lowest BCUT2D eigenvalue weighted by molar-refractivity contribution is 1.01. The van der Waals surface area contributed by atoms with Gasteiger partial charge in [-0.25, -0.2) is 4.79 Å². The van der Waals surface area contributed by atoms with E-state index in [9.17, 15) is 4.79 Å². The number of aromatic nitrogens is 2. The van der Waals surface area contributed by atoms with Gasteiger partial charge >= 0.3 is 5.69 Å². The van der Waals surface area contributed by atoms with E-state index in [0.717, 1.165) is 16.7 Å². The van der Waals surface area contributed by atoms with Crippen LogP contribution in [0.5, 0.6) is 0 Å². The van der Waals surface area contributed by atoms with Gasteiger partial charge < -0.3 is 4.98 Å². The summed E-state index contributed by atoms with van der Waals surface area (Å²) in [5.74, 6) is 0. The molecule has 1 radical (unpaired) electrons. The predicted molar refractivity (Wildman–Crippen MR) is 67.5 cm³/mol. The van der Waals surface area contributed by atoms with Gasteiger partial charge in [0.25, 0.3) is 0 Å². The molecule has 3 aromatic rings. The van der Waals surface area contributed by atoms with Gasteiger partial charge in [0.1, 0.15) is 0 Å². The van der Waals surface area contributed by atoms with E-state index in [0.29, 0.717) is 0 Å². The Kier molecular flexibility index (Phi) is 2.11. The van der Waals surface area contributed by atoms with Crippen LogP contribution in [0, 0.1) is 13.0 Å². The summed E-state index contributed by atoms with van der Waals surface area (Å²) in [5, 5.41) is 0. The number of aromatic amines is 1. The molecule has 1 aromatic heterocycles. The zero-order valence-corrected chi connectivity index (χ0v) is 9.40. The van der Waals surface area contributed by atoms with Gasteiger partial charge in [0.15, 0.2) is 0 Å². The fourth-order valence-electron chi connectivity index (χ4n) is 1.95. The van der Waals surface area contributed by atoms with E-state index in [4.69, 9.17) is 0 Å². The van der Waals surface area contributed by atoms with Gasteiger partial charge in [-0.1, -0.05) is 23.8 Å². The third-order valence-electron chi connectivity index (χ3n) is 2.82. The molecule has 1 heterocycles. The SMILES string of the molecule is Cc1ccc(-n2c(=O)[nH]c3c[c]ccc32)cc1. The highest BCUT2D eigenvalue weighted by atomic mass is 16.1. The number of H-pyrrole nitrogens is 1. The second-order valence-corrected chi connectivity index (χ2v) is 4.04. The Balaban J connectivity index is 2.33. The van der Waals surface area contributed by atoms with Gasteiger partial charge in [0, 0.05) is 0 Å². The first-order valence-electron chi connectivity index (χ1n) is 5.43. The summed E-state index contributed by atoms with van der Waals surface area (Å²) in [7, 11) is 0. The molecule has 17 heavy (non-hydrogen) atoms. The van der Waals surface area contributed by atoms with Crippen molar-refractivity contribution >= 4 is 11.0 Å². The molecule has 0 spiro atoms. The maximum atomic E-state index is 11.9. The summed E-state index contributed by atoms with van der Waals surface area (Å²) in [6, 6.07) is 16.3. The van der Waals surface area contributed by atoms with Gasteiger partial charge in [0.05, 0.1) is 16.7 Å². The lowest BCUT2D eigenvalue weighted by Crippen LogP contribution is -2.14. The number of hydrogen-bond donors (Lipinski definition) is 1. The molecule has 0 amide bonds. The number of hydrogen-bond acceptors (Lipinski definition) is 1. The largest absolute Gasteiger partial charge is 0.331 e. The average molecular weight is 223 g/mol. The zero-order valence-electron chi connectivity index (χ0n) is 9.40. The quantitative estimate of drug-likeness (QED) is 0.676. The molecule has 0 bridgehead atoms. The van der Waals surface area contributed by atoms with E-state index in [2.05, 4.69) is 11.1 Å². The van der Waals surface area contributed by atoms with Gasteiger partial charge in [0.2, 0.25) is 0 Å². The third kappa shape index (κ3) is 1.56. The Morgan fingerprint density at radius 2 is 1.94 bits per heavy atom. The van der Waals surface area contributed by atoms with Crippen molar-refractivity contribution in [1.29, 1.82) is 0 Å². The molecule has 0 atom stereocenters. The summed E-state index contributed by atoms with van der Waals surface area (Å²) >= 11 is 0. The molecule has 2 aromatic carbocycles. The van der Waals surface area contributed by atoms with Crippen LogP contribution in [0.1, 0.15) is 5.56 Å². The van der Waals surface area contributed by atoms with Crippen molar-refractivity contribution in [2.24, 2.45) is 0 Å². The maximum absolute atomic E-state index is 11.9. The van der Waals surface area contributed by atoms with Crippen LogP contribution >= 0.6 is 0 Å². The Morgan fingerprint density at radius 1 is 1.18 bits per heavy atom. The number of benzene rings is 2. The lowest BCUT2D eigenvalue weighted by Gasteiger charge is -2.03. The minimum atomic E-state index is -0.122. The van der Waals surface area contributed by atoms with Gasteiger partial charge in [-0.3, -0.25) is 4.57 Å². The van der Waals surface area contributed by atoms with Crippen LogP contribution in [0.15, 0.2) is 47.3 Å². The van der Waals surface area contributed by atoms with Crippen LogP contribution in [0.2, 0.25) is 0 Å². The normalized spacial score (nSPS) is 10.9. The highest BCUT2D eigenvalue weighted by molar-refractivity contribution is 5.76. The van der Waals surface area contributed by atoms with E-state index in [1.807, 2.05) is 37.3 Å². The smallest absolute Gasteiger partial charge is 0.305 e. The second kappa shape index (κ2) is 3.63. The molecule has 0 aliphatic carbocycles. The summed E-state index contributed by atoms with van der Waals surface area (Å²) in [6.45, 7) is 2.02. The van der Waals surface area contributed by atoms with E-state index >= 15 is 0 Å². The van der Waals surface area contributed by atoms with E-state index in [1.165, 1.54) is 5.56 Å². The minimum absolute atomic E-state index is 0.122. The summed E-state index contributed by atoms with van der Waals surface area (Å²) in [4.78, 5) is 14.7. The van der Waals surface area contributed by atoms with Crippen molar-refractivity contribution in [3.63, 3.8) is 0 Å². The Labute approximate surface area is 98.3 Å². The van der Waals surface area contributed by atoms with Crippen molar-refractivity contribution < 1.29 is 0 Å². The standard InChI is InChI=1S/C14H11N2O/c1-10-6-8-11(9-7-10)16-13-5-3-2-4-12(13)15-14(16)17/h3-9H,1H3,(H,15,17). The minimum Gasteiger partial charge on any atom is -0.305 e. The first-order chi connectivity index (χ1) is 8.25. The molecular weight excluding hydrogens is 212 g/mol. The van der Waals surface area contributed by atoms with Crippen molar-refractivity contribution in [3.05, 3.63) is 64.6 Å². The molecule has 3 heteroatoms. The van der Waals surface area contributed by atoms with Gasteiger partial charge in [-0.15, -0.1) is 0 Å². The Morgan fingerprint density at radius 3 is 2.71 bits per heavy atom. The highest BCUT2D eigenvalue weighted by Crippen LogP contribution is 2.15. The molecule has 0 aliphatic heterocycles. The Hall–Kier alpha value is -2.29. The van der Waals surface area contributed by atoms with Crippen LogP contribution < -0.4 is 5.69 Å². The maximum Gasteiger partial charge on any atom is 0.331 e. The van der Waals surface area contributed by atoms with E-state index in [-0.39, 0.29) is 5.69 Å². The molecule has 3 nitrogen and oxygen atoms in total. The zero-order chi connectivity index (χ0) is 11.8. The molecule has 3 rings (SSSR count). The molecule has 0 fully saturated rings. The fraction of sp³-hybridized carbons (Fsp3) is 0.0714. The first-order valence-corrected chi connectivity index (χ1v) is 5.43. The van der Waals surface area contributed by atoms with Crippen molar-refractivity contribution in [1.82, 2.24) is 9.55 Å². The number of aryl methyl sites for hydroxylation is 1. The molecule has 0 saturated carbocycles. The average Bonchev–Trinajstić information content (AvgIpc) is 2.66. The number of rotatable bonds is 1. The van der Waals surface area contributed by atoms with Crippen molar-refractivity contribution in [2.75, 3.05) is 0 Å². The fourth-order valence-corrected chi connectivity index (χ4v) is 1.95. The third-order valence-corrected chi connectivity index (χ3v) is 2.82. The summed E-state index contributed by atoms with van der Waals surface area (Å²) in [6.07, 6.45) is 0. The Bertz CT molecular complexity index is 720. The number of nitrogens with one attached hydrogen (secondary N) is 1. The topological polar surface area (TPSA) is 37.8 Å². The van der Waals surface area contributed by atoms with Crippen LogP contribution in [0.4, 0.5) is 0 Å². The van der Waals surface area contributed by atoms with E-state index in [1.54, 1.807) is 16.7 Å². The number of fused-ring (bicyclic) bond motifs is 1. The highest BCUT2D eigenvalue weighted by Gasteiger charge is 2.07. The van der Waals surface area contributed by atoms with Crippen LogP contribution in [0.25, 0.3) is 16.7 Å². The number of nitrogens with zero attached hydrogens (tertiary/aromatic N) is 1. The van der Waals surface area contributed by atoms with Crippen LogP contribution in [0.3, 0.4) is 0 Å². The molecule has 0 saturated heterocycles. The first kappa shape index (κ1) is 9.90. The van der Waals surface area contributed by atoms with Gasteiger partial charge in [-0.2, -0.15) is 0 Å². The summed E-state index contributed by atoms with van der Waals surface area (Å²) < 4.78 is 1.67. The monoisotopic (exact) mass is 223 g/mol.